The summed E-state index contributed by atoms with van der Waals surface area (Å²) in [5.74, 6) is 0.297. The monoisotopic (exact) mass is 431 g/mol. The number of nitriles is 1. The summed E-state index contributed by atoms with van der Waals surface area (Å²) < 4.78 is 38.6. The number of ether oxygens (including phenoxy) is 2. The number of methoxy groups -OCH3 is 1. The normalized spacial score (nSPS) is 11.2. The van der Waals surface area contributed by atoms with Gasteiger partial charge in [0.25, 0.3) is 5.91 Å². The molecule has 2 aromatic carbocycles. The Labute approximate surface area is 176 Å². The summed E-state index contributed by atoms with van der Waals surface area (Å²) in [5, 5.41) is 9.04. The van der Waals surface area contributed by atoms with Crippen LogP contribution in [0.25, 0.3) is 0 Å². The van der Waals surface area contributed by atoms with Gasteiger partial charge in [-0.3, -0.25) is 4.79 Å². The molecule has 0 aromatic heterocycles. The van der Waals surface area contributed by atoms with E-state index in [1.807, 2.05) is 38.1 Å². The first-order chi connectivity index (χ1) is 14.2. The van der Waals surface area contributed by atoms with Crippen molar-refractivity contribution in [3.63, 3.8) is 0 Å². The van der Waals surface area contributed by atoms with Crippen molar-refractivity contribution in [2.75, 3.05) is 20.3 Å². The highest BCUT2D eigenvalue weighted by atomic mass is 32.2. The second kappa shape index (κ2) is 10.1. The molecule has 0 unspecified atom stereocenters. The lowest BCUT2D eigenvalue weighted by Gasteiger charge is -2.15. The maximum absolute atomic E-state index is 12.7. The van der Waals surface area contributed by atoms with Crippen LogP contribution in [0.15, 0.2) is 41.3 Å². The van der Waals surface area contributed by atoms with Crippen LogP contribution in [0.1, 0.15) is 36.5 Å². The third kappa shape index (κ3) is 5.95. The fourth-order valence-electron chi connectivity index (χ4n) is 2.77. The van der Waals surface area contributed by atoms with Crippen LogP contribution in [-0.2, 0) is 21.2 Å². The fraction of sp³-hybridized carbons (Fsp3) is 0.333. The topological polar surface area (TPSA) is 132 Å². The van der Waals surface area contributed by atoms with Crippen molar-refractivity contribution in [2.24, 2.45) is 5.73 Å². The molecular formula is C21H25N3O5S. The molecule has 0 bridgehead atoms. The predicted octanol–water partition coefficient (Wildman–Crippen LogP) is 2.08. The molecule has 8 nitrogen and oxygen atoms in total. The molecule has 1 amide bonds. The summed E-state index contributed by atoms with van der Waals surface area (Å²) in [6, 6.07) is 11.7. The zero-order valence-corrected chi connectivity index (χ0v) is 18.0. The first kappa shape index (κ1) is 23.2. The number of nitrogens with one attached hydrogen (secondary N) is 1. The third-order valence-corrected chi connectivity index (χ3v) is 5.88. The molecule has 30 heavy (non-hydrogen) atoms. The number of sulfonamides is 1. The highest BCUT2D eigenvalue weighted by Gasteiger charge is 2.20. The first-order valence-corrected chi connectivity index (χ1v) is 10.8. The number of hydrogen-bond acceptors (Lipinski definition) is 6. The van der Waals surface area contributed by atoms with Crippen LogP contribution >= 0.6 is 0 Å². The molecule has 9 heteroatoms. The molecule has 160 valence electrons. The van der Waals surface area contributed by atoms with E-state index >= 15 is 0 Å². The van der Waals surface area contributed by atoms with E-state index in [9.17, 15) is 13.2 Å². The van der Waals surface area contributed by atoms with Crippen LogP contribution in [0.5, 0.6) is 11.5 Å². The second-order valence-corrected chi connectivity index (χ2v) is 8.64. The number of benzene rings is 2. The average molecular weight is 432 g/mol. The molecule has 0 aliphatic carbocycles. The van der Waals surface area contributed by atoms with Gasteiger partial charge in [0.1, 0.15) is 16.4 Å². The largest absolute Gasteiger partial charge is 0.495 e. The minimum Gasteiger partial charge on any atom is -0.495 e. The van der Waals surface area contributed by atoms with Gasteiger partial charge in [0.15, 0.2) is 6.61 Å². The molecule has 0 fully saturated rings. The Morgan fingerprint density at radius 2 is 1.93 bits per heavy atom. The Morgan fingerprint density at radius 3 is 2.53 bits per heavy atom. The Hall–Kier alpha value is -3.09. The van der Waals surface area contributed by atoms with Crippen LogP contribution in [0.4, 0.5) is 0 Å². The highest BCUT2D eigenvalue weighted by Crippen LogP contribution is 2.27. The minimum absolute atomic E-state index is 0.0796. The van der Waals surface area contributed by atoms with Crippen molar-refractivity contribution in [3.05, 3.63) is 53.1 Å². The van der Waals surface area contributed by atoms with E-state index in [4.69, 9.17) is 20.5 Å². The lowest BCUT2D eigenvalue weighted by molar-refractivity contribution is -0.119. The first-order valence-electron chi connectivity index (χ1n) is 9.29. The Balaban J connectivity index is 2.19. The van der Waals surface area contributed by atoms with E-state index in [-0.39, 0.29) is 35.3 Å². The molecule has 2 aromatic rings. The van der Waals surface area contributed by atoms with Gasteiger partial charge < -0.3 is 15.2 Å². The number of primary amides is 1. The third-order valence-electron chi connectivity index (χ3n) is 4.40. The molecule has 0 saturated carbocycles. The van der Waals surface area contributed by atoms with Crippen LogP contribution in [0.2, 0.25) is 0 Å². The van der Waals surface area contributed by atoms with E-state index in [2.05, 4.69) is 4.72 Å². The molecule has 3 N–H and O–H groups in total. The lowest BCUT2D eigenvalue weighted by atomic mass is 10.00. The fourth-order valence-corrected chi connectivity index (χ4v) is 4.00. The number of rotatable bonds is 10. The molecule has 0 radical (unpaired) electrons. The Morgan fingerprint density at radius 1 is 1.20 bits per heavy atom. The van der Waals surface area contributed by atoms with Crippen molar-refractivity contribution in [1.82, 2.24) is 4.72 Å². The molecule has 0 aliphatic rings. The van der Waals surface area contributed by atoms with Crippen molar-refractivity contribution < 1.29 is 22.7 Å². The number of carbonyl (C=O) groups is 1. The maximum Gasteiger partial charge on any atom is 0.255 e. The molecule has 0 spiro atoms. The molecular weight excluding hydrogens is 406 g/mol. The van der Waals surface area contributed by atoms with Gasteiger partial charge in [-0.05, 0) is 47.7 Å². The van der Waals surface area contributed by atoms with E-state index in [1.165, 1.54) is 25.3 Å². The minimum atomic E-state index is -3.91. The smallest absolute Gasteiger partial charge is 0.255 e. The number of hydrogen-bond donors (Lipinski definition) is 2. The predicted molar refractivity (Wildman–Crippen MR) is 112 cm³/mol. The summed E-state index contributed by atoms with van der Waals surface area (Å²) in [7, 11) is -2.55. The second-order valence-electron chi connectivity index (χ2n) is 6.90. The quantitative estimate of drug-likeness (QED) is 0.592. The van der Waals surface area contributed by atoms with Crippen molar-refractivity contribution in [3.8, 4) is 17.6 Å². The summed E-state index contributed by atoms with van der Waals surface area (Å²) in [6.45, 7) is 3.88. The van der Waals surface area contributed by atoms with E-state index < -0.39 is 15.9 Å². The van der Waals surface area contributed by atoms with Gasteiger partial charge >= 0.3 is 0 Å². The van der Waals surface area contributed by atoms with Gasteiger partial charge in [-0.25, -0.2) is 13.1 Å². The number of carbonyl (C=O) groups excluding carboxylic acids is 1. The van der Waals surface area contributed by atoms with E-state index in [1.54, 1.807) is 0 Å². The van der Waals surface area contributed by atoms with Crippen LogP contribution in [0, 0.1) is 11.3 Å². The molecule has 0 saturated heterocycles. The highest BCUT2D eigenvalue weighted by molar-refractivity contribution is 7.89. The van der Waals surface area contributed by atoms with Crippen LogP contribution < -0.4 is 19.9 Å². The summed E-state index contributed by atoms with van der Waals surface area (Å²) in [6.07, 6.45) is 0.325. The van der Waals surface area contributed by atoms with E-state index in [0.717, 1.165) is 11.1 Å². The van der Waals surface area contributed by atoms with Crippen LogP contribution in [-0.4, -0.2) is 34.6 Å². The van der Waals surface area contributed by atoms with Gasteiger partial charge in [0.2, 0.25) is 10.0 Å². The number of nitrogens with zero attached hydrogens (tertiary/aromatic N) is 1. The number of nitrogens with two attached hydrogens (primary N) is 1. The number of amides is 1. The maximum atomic E-state index is 12.7. The summed E-state index contributed by atoms with van der Waals surface area (Å²) >= 11 is 0. The van der Waals surface area contributed by atoms with Gasteiger partial charge in [0.05, 0.1) is 18.7 Å². The van der Waals surface area contributed by atoms with Crippen molar-refractivity contribution in [2.45, 2.75) is 31.1 Å². The average Bonchev–Trinajstić information content (AvgIpc) is 2.71. The van der Waals surface area contributed by atoms with Gasteiger partial charge in [0, 0.05) is 6.54 Å². The van der Waals surface area contributed by atoms with E-state index in [0.29, 0.717) is 12.2 Å². The Kier molecular flexibility index (Phi) is 7.80. The van der Waals surface area contributed by atoms with Gasteiger partial charge in [-0.2, -0.15) is 5.26 Å². The molecule has 0 atom stereocenters. The summed E-state index contributed by atoms with van der Waals surface area (Å²) in [5.41, 5.74) is 7.14. The Bertz CT molecular complexity index is 1060. The van der Waals surface area contributed by atoms with Crippen LogP contribution in [0.3, 0.4) is 0 Å². The van der Waals surface area contributed by atoms with Crippen molar-refractivity contribution >= 4 is 15.9 Å². The lowest BCUT2D eigenvalue weighted by Crippen LogP contribution is -2.27. The SMILES string of the molecule is COc1ccc(C#N)cc1S(=O)(=O)NCCc1ccc(C(C)C)cc1OCC(N)=O. The van der Waals surface area contributed by atoms with Gasteiger partial charge in [-0.15, -0.1) is 0 Å². The van der Waals surface area contributed by atoms with Crippen molar-refractivity contribution in [1.29, 1.82) is 5.26 Å². The molecule has 0 aliphatic heterocycles. The molecule has 0 heterocycles. The molecule has 2 rings (SSSR count). The zero-order chi connectivity index (χ0) is 22.3. The zero-order valence-electron chi connectivity index (χ0n) is 17.1. The standard InChI is InChI=1S/C21H25N3O5S/c1-14(2)17-6-5-16(19(11-17)29-13-21(23)25)8-9-24-30(26,27)20-10-15(12-22)4-7-18(20)28-3/h4-7,10-11,14,24H,8-9,13H2,1-3H3,(H2,23,25). The van der Waals surface area contributed by atoms with Gasteiger partial charge in [-0.1, -0.05) is 26.0 Å². The summed E-state index contributed by atoms with van der Waals surface area (Å²) in [4.78, 5) is 11.0.